The lowest BCUT2D eigenvalue weighted by molar-refractivity contribution is 0.153. The summed E-state index contributed by atoms with van der Waals surface area (Å²) in [6.07, 6.45) is 0.940. The maximum atomic E-state index is 10.1. The summed E-state index contributed by atoms with van der Waals surface area (Å²) in [6.45, 7) is 9.30. The average Bonchev–Trinajstić information content (AvgIpc) is 2.55. The van der Waals surface area contributed by atoms with Gasteiger partial charge in [0.2, 0.25) is 0 Å². The average molecular weight is 246 g/mol. The highest BCUT2D eigenvalue weighted by Gasteiger charge is 2.19. The number of nitrogens with one attached hydrogen (secondary N) is 1. The van der Waals surface area contributed by atoms with Crippen LogP contribution in [0.2, 0.25) is 5.02 Å². The largest absolute Gasteiger partial charge is 0.385 e. The van der Waals surface area contributed by atoms with Crippen molar-refractivity contribution in [2.24, 2.45) is 0 Å². The van der Waals surface area contributed by atoms with Gasteiger partial charge in [-0.25, -0.2) is 0 Å². The predicted molar refractivity (Wildman–Crippen MR) is 65.6 cm³/mol. The van der Waals surface area contributed by atoms with E-state index in [0.29, 0.717) is 23.8 Å². The molecule has 0 saturated carbocycles. The number of rotatable bonds is 4. The Labute approximate surface area is 102 Å². The number of hydrogen-bond donors (Lipinski definition) is 2. The van der Waals surface area contributed by atoms with Gasteiger partial charge >= 0.3 is 0 Å². The lowest BCUT2D eigenvalue weighted by atomic mass is 10.1. The van der Waals surface area contributed by atoms with Gasteiger partial charge in [0.15, 0.2) is 0 Å². The Balaban J connectivity index is 2.72. The van der Waals surface area contributed by atoms with Crippen molar-refractivity contribution < 1.29 is 5.11 Å². The van der Waals surface area contributed by atoms with Gasteiger partial charge in [-0.05, 0) is 27.7 Å². The molecule has 0 bridgehead atoms. The van der Waals surface area contributed by atoms with Crippen LogP contribution >= 0.6 is 11.6 Å². The van der Waals surface area contributed by atoms with E-state index in [0.717, 1.165) is 0 Å². The third-order valence-corrected chi connectivity index (χ3v) is 2.57. The third-order valence-electron chi connectivity index (χ3n) is 2.27. The van der Waals surface area contributed by atoms with Crippen LogP contribution in [-0.4, -0.2) is 27.0 Å². The minimum Gasteiger partial charge on any atom is -0.385 e. The minimum absolute atomic E-state index is 0.0233. The molecule has 0 aliphatic heterocycles. The Kier molecular flexibility index (Phi) is 4.35. The number of β-amino-alcohol motifs (C(OH)–C–C–N with tert-alkyl or cyclic N) is 1. The zero-order valence-electron chi connectivity index (χ0n) is 10.3. The molecule has 1 heterocycles. The first kappa shape index (κ1) is 13.5. The van der Waals surface area contributed by atoms with Gasteiger partial charge in [0.1, 0.15) is 6.10 Å². The molecule has 2 N–H and O–H groups in total. The van der Waals surface area contributed by atoms with Gasteiger partial charge in [-0.15, -0.1) is 0 Å². The van der Waals surface area contributed by atoms with E-state index in [4.69, 9.17) is 11.6 Å². The Bertz CT molecular complexity index is 343. The summed E-state index contributed by atoms with van der Waals surface area (Å²) in [5, 5.41) is 17.9. The lowest BCUT2D eigenvalue weighted by Crippen LogP contribution is -2.39. The van der Waals surface area contributed by atoms with Crippen LogP contribution in [0.15, 0.2) is 6.20 Å². The Hall–Kier alpha value is -0.580. The number of nitrogens with zero attached hydrogens (tertiary/aromatic N) is 2. The molecule has 0 fully saturated rings. The highest BCUT2D eigenvalue weighted by Crippen LogP contribution is 2.22. The normalized spacial score (nSPS) is 14.1. The van der Waals surface area contributed by atoms with Crippen LogP contribution in [0.5, 0.6) is 0 Å². The molecular formula is C11H20ClN3O. The second kappa shape index (κ2) is 5.17. The summed E-state index contributed by atoms with van der Waals surface area (Å²) >= 11 is 6.00. The molecule has 1 aromatic heterocycles. The van der Waals surface area contributed by atoms with E-state index in [1.807, 2.05) is 6.92 Å². The molecular weight excluding hydrogens is 226 g/mol. The Morgan fingerprint density at radius 3 is 2.69 bits per heavy atom. The van der Waals surface area contributed by atoms with Crippen LogP contribution in [0.25, 0.3) is 0 Å². The van der Waals surface area contributed by atoms with Crippen molar-refractivity contribution >= 4 is 11.6 Å². The second-order valence-electron chi connectivity index (χ2n) is 4.84. The summed E-state index contributed by atoms with van der Waals surface area (Å²) in [6, 6.07) is 0. The van der Waals surface area contributed by atoms with E-state index in [2.05, 4.69) is 31.2 Å². The van der Waals surface area contributed by atoms with Gasteiger partial charge in [-0.2, -0.15) is 5.10 Å². The molecule has 16 heavy (non-hydrogen) atoms. The van der Waals surface area contributed by atoms with Crippen molar-refractivity contribution in [2.75, 3.05) is 6.54 Å². The van der Waals surface area contributed by atoms with Gasteiger partial charge in [0, 0.05) is 18.6 Å². The minimum atomic E-state index is -0.630. The summed E-state index contributed by atoms with van der Waals surface area (Å²) in [4.78, 5) is 0. The van der Waals surface area contributed by atoms with Crippen LogP contribution in [0, 0.1) is 0 Å². The van der Waals surface area contributed by atoms with Crippen LogP contribution in [-0.2, 0) is 6.54 Å². The number of aliphatic hydroxyl groups excluding tert-OH is 1. The van der Waals surface area contributed by atoms with E-state index in [9.17, 15) is 5.11 Å². The molecule has 0 spiro atoms. The molecule has 0 aromatic carbocycles. The molecule has 0 radical (unpaired) electrons. The summed E-state index contributed by atoms with van der Waals surface area (Å²) in [5.41, 5.74) is 0.658. The van der Waals surface area contributed by atoms with Crippen LogP contribution in [0.3, 0.4) is 0 Å². The van der Waals surface area contributed by atoms with Crippen LogP contribution < -0.4 is 5.32 Å². The predicted octanol–water partition coefficient (Wildman–Crippen LogP) is 1.98. The number of aromatic nitrogens is 2. The third kappa shape index (κ3) is 3.47. The first-order valence-corrected chi connectivity index (χ1v) is 5.87. The molecule has 92 valence electrons. The van der Waals surface area contributed by atoms with E-state index in [-0.39, 0.29) is 5.54 Å². The summed E-state index contributed by atoms with van der Waals surface area (Å²) in [7, 11) is 0. The van der Waals surface area contributed by atoms with Gasteiger partial charge < -0.3 is 10.4 Å². The first-order valence-electron chi connectivity index (χ1n) is 5.49. The smallest absolute Gasteiger partial charge is 0.110 e. The number of hydrogen-bond acceptors (Lipinski definition) is 3. The van der Waals surface area contributed by atoms with Crippen LogP contribution in [0.1, 0.15) is 39.5 Å². The Morgan fingerprint density at radius 2 is 2.19 bits per heavy atom. The first-order chi connectivity index (χ1) is 7.35. The molecule has 1 atom stereocenters. The van der Waals surface area contributed by atoms with E-state index >= 15 is 0 Å². The highest BCUT2D eigenvalue weighted by atomic mass is 35.5. The zero-order chi connectivity index (χ0) is 12.3. The fraction of sp³-hybridized carbons (Fsp3) is 0.727. The molecule has 0 aliphatic carbocycles. The lowest BCUT2D eigenvalue weighted by Gasteiger charge is -2.23. The van der Waals surface area contributed by atoms with Crippen molar-refractivity contribution in [3.05, 3.63) is 16.9 Å². The quantitative estimate of drug-likeness (QED) is 0.853. The van der Waals surface area contributed by atoms with E-state index in [1.54, 1.807) is 10.9 Å². The van der Waals surface area contributed by atoms with Crippen molar-refractivity contribution in [1.29, 1.82) is 0 Å². The maximum Gasteiger partial charge on any atom is 0.110 e. The van der Waals surface area contributed by atoms with Gasteiger partial charge in [0.05, 0.1) is 16.9 Å². The highest BCUT2D eigenvalue weighted by molar-refractivity contribution is 6.31. The van der Waals surface area contributed by atoms with Crippen molar-refractivity contribution in [3.63, 3.8) is 0 Å². The maximum absolute atomic E-state index is 10.1. The summed E-state index contributed by atoms with van der Waals surface area (Å²) < 4.78 is 1.72. The van der Waals surface area contributed by atoms with Crippen LogP contribution in [0.4, 0.5) is 0 Å². The molecule has 1 aromatic rings. The van der Waals surface area contributed by atoms with Crippen molar-refractivity contribution in [2.45, 2.75) is 45.9 Å². The van der Waals surface area contributed by atoms with Gasteiger partial charge in [-0.3, -0.25) is 4.68 Å². The Morgan fingerprint density at radius 1 is 1.56 bits per heavy atom. The molecule has 0 amide bonds. The molecule has 5 heteroatoms. The SMILES string of the molecule is CCn1ncc(Cl)c1C(O)CNC(C)(C)C. The standard InChI is InChI=1S/C11H20ClN3O/c1-5-15-10(8(12)6-14-15)9(16)7-13-11(2,3)4/h6,9,13,16H,5,7H2,1-4H3. The zero-order valence-corrected chi connectivity index (χ0v) is 11.0. The van der Waals surface area contributed by atoms with Gasteiger partial charge in [-0.1, -0.05) is 11.6 Å². The number of halogens is 1. The van der Waals surface area contributed by atoms with E-state index < -0.39 is 6.10 Å². The molecule has 1 unspecified atom stereocenters. The van der Waals surface area contributed by atoms with Crippen molar-refractivity contribution in [3.8, 4) is 0 Å². The molecule has 0 aliphatic rings. The number of aliphatic hydroxyl groups is 1. The molecule has 0 saturated heterocycles. The molecule has 1 rings (SSSR count). The fourth-order valence-electron chi connectivity index (χ4n) is 1.45. The van der Waals surface area contributed by atoms with Gasteiger partial charge in [0.25, 0.3) is 0 Å². The molecule has 4 nitrogen and oxygen atoms in total. The monoisotopic (exact) mass is 245 g/mol. The fourth-order valence-corrected chi connectivity index (χ4v) is 1.72. The second-order valence-corrected chi connectivity index (χ2v) is 5.25. The van der Waals surface area contributed by atoms with Crippen molar-refractivity contribution in [1.82, 2.24) is 15.1 Å². The number of aryl methyl sites for hydroxylation is 1. The topological polar surface area (TPSA) is 50.1 Å². The summed E-state index contributed by atoms with van der Waals surface area (Å²) in [5.74, 6) is 0. The van der Waals surface area contributed by atoms with E-state index in [1.165, 1.54) is 0 Å².